The van der Waals surface area contributed by atoms with Gasteiger partial charge >= 0.3 is 6.09 Å². The summed E-state index contributed by atoms with van der Waals surface area (Å²) in [6.45, 7) is 7.39. The van der Waals surface area contributed by atoms with Crippen LogP contribution in [0.1, 0.15) is 39.3 Å². The van der Waals surface area contributed by atoms with E-state index in [9.17, 15) is 4.79 Å². The summed E-state index contributed by atoms with van der Waals surface area (Å²) in [7, 11) is 0. The lowest BCUT2D eigenvalue weighted by Crippen LogP contribution is -2.34. The van der Waals surface area contributed by atoms with Gasteiger partial charge < -0.3 is 10.1 Å². The van der Waals surface area contributed by atoms with Crippen molar-refractivity contribution in [2.45, 2.75) is 39.3 Å². The number of alkyl carbamates (subject to hydrolysis) is 1. The van der Waals surface area contributed by atoms with E-state index in [4.69, 9.17) is 4.74 Å². The Balaban J connectivity index is 2.64. The van der Waals surface area contributed by atoms with Crippen LogP contribution in [0, 0.1) is 0 Å². The van der Waals surface area contributed by atoms with Crippen LogP contribution in [0.4, 0.5) is 4.79 Å². The molecule has 0 fully saturated rings. The lowest BCUT2D eigenvalue weighted by atomic mass is 10.1. The molecule has 0 aliphatic carbocycles. The number of nitrogens with zero attached hydrogens (tertiary/aromatic N) is 1. The van der Waals surface area contributed by atoms with E-state index in [-0.39, 0.29) is 6.04 Å². The average Bonchev–Trinajstić information content (AvgIpc) is 2.14. The normalized spacial score (nSPS) is 13.0. The molecule has 0 radical (unpaired) electrons. The van der Waals surface area contributed by atoms with Crippen LogP contribution in [0.2, 0.25) is 0 Å². The summed E-state index contributed by atoms with van der Waals surface area (Å²) in [4.78, 5) is 15.6. The molecule has 1 aromatic rings. The van der Waals surface area contributed by atoms with Gasteiger partial charge in [0.2, 0.25) is 0 Å². The maximum atomic E-state index is 11.6. The first-order valence-corrected chi connectivity index (χ1v) is 6.18. The number of nitrogens with one attached hydrogen (secondary N) is 1. The highest BCUT2D eigenvalue weighted by atomic mass is 79.9. The number of rotatable bonds is 2. The quantitative estimate of drug-likeness (QED) is 0.910. The topological polar surface area (TPSA) is 51.2 Å². The van der Waals surface area contributed by atoms with Gasteiger partial charge in [-0.1, -0.05) is 0 Å². The Hall–Kier alpha value is -1.10. The number of carbonyl (C=O) groups excluding carboxylic acids is 1. The summed E-state index contributed by atoms with van der Waals surface area (Å²) in [5.41, 5.74) is 0.477. The van der Waals surface area contributed by atoms with Gasteiger partial charge in [0, 0.05) is 16.9 Å². The Morgan fingerprint density at radius 1 is 1.53 bits per heavy atom. The summed E-state index contributed by atoms with van der Waals surface area (Å²) in [5.74, 6) is 0. The van der Waals surface area contributed by atoms with E-state index < -0.39 is 11.7 Å². The lowest BCUT2D eigenvalue weighted by Gasteiger charge is -2.22. The predicted molar refractivity (Wildman–Crippen MR) is 69.7 cm³/mol. The summed E-state index contributed by atoms with van der Waals surface area (Å²) in [6.07, 6.45) is 2.96. The lowest BCUT2D eigenvalue weighted by molar-refractivity contribution is 0.0508. The molecular formula is C12H17BrN2O2. The molecule has 5 heteroatoms. The number of hydrogen-bond donors (Lipinski definition) is 1. The Bertz CT molecular complexity index is 402. The highest BCUT2D eigenvalue weighted by Crippen LogP contribution is 2.22. The van der Waals surface area contributed by atoms with Gasteiger partial charge in [-0.3, -0.25) is 4.98 Å². The first kappa shape index (κ1) is 14.0. The Kier molecular flexibility index (Phi) is 4.51. The monoisotopic (exact) mass is 300 g/mol. The van der Waals surface area contributed by atoms with Crippen molar-refractivity contribution in [2.75, 3.05) is 0 Å². The average molecular weight is 301 g/mol. The molecule has 0 bridgehead atoms. The standard InChI is InChI=1S/C12H17BrN2O2/c1-8(9-5-6-14-7-10(9)13)15-11(16)17-12(2,3)4/h5-8H,1-4H3,(H,15,16)/t8-/m1/s1. The predicted octanol–water partition coefficient (Wildman–Crippen LogP) is 3.43. The molecule has 94 valence electrons. The van der Waals surface area contributed by atoms with E-state index in [1.54, 1.807) is 12.4 Å². The number of carbonyl (C=O) groups is 1. The fourth-order valence-corrected chi connectivity index (χ4v) is 1.89. The molecule has 17 heavy (non-hydrogen) atoms. The van der Waals surface area contributed by atoms with E-state index in [2.05, 4.69) is 26.2 Å². The summed E-state index contributed by atoms with van der Waals surface area (Å²) >= 11 is 3.39. The Morgan fingerprint density at radius 2 is 2.18 bits per heavy atom. The third kappa shape index (κ3) is 4.73. The van der Waals surface area contributed by atoms with Gasteiger partial charge in [0.15, 0.2) is 0 Å². The number of ether oxygens (including phenoxy) is 1. The van der Waals surface area contributed by atoms with Gasteiger partial charge in [0.05, 0.1) is 6.04 Å². The van der Waals surface area contributed by atoms with Crippen molar-refractivity contribution in [2.24, 2.45) is 0 Å². The Morgan fingerprint density at radius 3 is 2.71 bits per heavy atom. The zero-order chi connectivity index (χ0) is 13.1. The fraction of sp³-hybridized carbons (Fsp3) is 0.500. The van der Waals surface area contributed by atoms with Gasteiger partial charge in [-0.25, -0.2) is 4.79 Å². The number of hydrogen-bond acceptors (Lipinski definition) is 3. The van der Waals surface area contributed by atoms with E-state index in [0.29, 0.717) is 0 Å². The fourth-order valence-electron chi connectivity index (χ4n) is 1.30. The number of aromatic nitrogens is 1. The van der Waals surface area contributed by atoms with Gasteiger partial charge in [0.25, 0.3) is 0 Å². The van der Waals surface area contributed by atoms with Crippen molar-refractivity contribution in [3.8, 4) is 0 Å². The first-order chi connectivity index (χ1) is 7.79. The van der Waals surface area contributed by atoms with Crippen LogP contribution >= 0.6 is 15.9 Å². The van der Waals surface area contributed by atoms with Gasteiger partial charge in [-0.2, -0.15) is 0 Å². The van der Waals surface area contributed by atoms with E-state index >= 15 is 0 Å². The third-order valence-corrected chi connectivity index (χ3v) is 2.67. The maximum Gasteiger partial charge on any atom is 0.408 e. The molecule has 0 unspecified atom stereocenters. The summed E-state index contributed by atoms with van der Waals surface area (Å²) in [5, 5.41) is 2.77. The van der Waals surface area contributed by atoms with Gasteiger partial charge in [-0.15, -0.1) is 0 Å². The molecule has 1 atom stereocenters. The third-order valence-electron chi connectivity index (χ3n) is 2.00. The summed E-state index contributed by atoms with van der Waals surface area (Å²) < 4.78 is 6.05. The van der Waals surface area contributed by atoms with Crippen LogP contribution < -0.4 is 5.32 Å². The molecule has 0 aromatic carbocycles. The van der Waals surface area contributed by atoms with Crippen LogP contribution in [-0.4, -0.2) is 16.7 Å². The first-order valence-electron chi connectivity index (χ1n) is 5.38. The van der Waals surface area contributed by atoms with Crippen molar-refractivity contribution in [1.82, 2.24) is 10.3 Å². The second-order valence-corrected chi connectivity index (χ2v) is 5.62. The van der Waals surface area contributed by atoms with Crippen molar-refractivity contribution >= 4 is 22.0 Å². The van der Waals surface area contributed by atoms with Crippen LogP contribution in [0.3, 0.4) is 0 Å². The van der Waals surface area contributed by atoms with Crippen molar-refractivity contribution in [3.05, 3.63) is 28.5 Å². The minimum Gasteiger partial charge on any atom is -0.444 e. The van der Waals surface area contributed by atoms with E-state index in [0.717, 1.165) is 10.0 Å². The molecule has 0 aliphatic heterocycles. The molecule has 4 nitrogen and oxygen atoms in total. The minimum absolute atomic E-state index is 0.137. The highest BCUT2D eigenvalue weighted by Gasteiger charge is 2.19. The molecule has 1 aromatic heterocycles. The van der Waals surface area contributed by atoms with Crippen LogP contribution in [0.15, 0.2) is 22.9 Å². The zero-order valence-corrected chi connectivity index (χ0v) is 12.0. The minimum atomic E-state index is -0.487. The van der Waals surface area contributed by atoms with Crippen molar-refractivity contribution < 1.29 is 9.53 Å². The molecular weight excluding hydrogens is 284 g/mol. The van der Waals surface area contributed by atoms with Crippen LogP contribution in [0.25, 0.3) is 0 Å². The molecule has 1 N–H and O–H groups in total. The second kappa shape index (κ2) is 5.49. The zero-order valence-electron chi connectivity index (χ0n) is 10.5. The molecule has 1 amide bonds. The molecule has 0 saturated carbocycles. The molecule has 1 rings (SSSR count). The largest absolute Gasteiger partial charge is 0.444 e. The highest BCUT2D eigenvalue weighted by molar-refractivity contribution is 9.10. The SMILES string of the molecule is C[C@@H](NC(=O)OC(C)(C)C)c1ccncc1Br. The van der Waals surface area contributed by atoms with Crippen molar-refractivity contribution in [1.29, 1.82) is 0 Å². The number of halogens is 1. The number of pyridine rings is 1. The smallest absolute Gasteiger partial charge is 0.408 e. The van der Waals surface area contributed by atoms with E-state index in [1.165, 1.54) is 0 Å². The second-order valence-electron chi connectivity index (χ2n) is 4.77. The summed E-state index contributed by atoms with van der Waals surface area (Å²) in [6, 6.07) is 1.72. The number of amides is 1. The Labute approximate surface area is 110 Å². The molecule has 0 aliphatic rings. The van der Waals surface area contributed by atoms with Crippen LogP contribution in [0.5, 0.6) is 0 Å². The molecule has 0 saturated heterocycles. The molecule has 1 heterocycles. The maximum absolute atomic E-state index is 11.6. The van der Waals surface area contributed by atoms with Crippen LogP contribution in [-0.2, 0) is 4.74 Å². The van der Waals surface area contributed by atoms with Crippen molar-refractivity contribution in [3.63, 3.8) is 0 Å². The van der Waals surface area contributed by atoms with E-state index in [1.807, 2.05) is 33.8 Å². The molecule has 0 spiro atoms. The van der Waals surface area contributed by atoms with Gasteiger partial charge in [0.1, 0.15) is 5.60 Å². The van der Waals surface area contributed by atoms with Gasteiger partial charge in [-0.05, 0) is 55.3 Å².